The van der Waals surface area contributed by atoms with Gasteiger partial charge in [0.25, 0.3) is 5.89 Å². The predicted molar refractivity (Wildman–Crippen MR) is 131 cm³/mol. The minimum atomic E-state index is -4.80. The average molecular weight is 535 g/mol. The summed E-state index contributed by atoms with van der Waals surface area (Å²) in [5.41, 5.74) is 0.212. The lowest BCUT2D eigenvalue weighted by atomic mass is 10.00. The zero-order chi connectivity index (χ0) is 27.4. The molecule has 0 fully saturated rings. The Hall–Kier alpha value is -4.71. The van der Waals surface area contributed by atoms with E-state index in [4.69, 9.17) is 9.05 Å². The van der Waals surface area contributed by atoms with Gasteiger partial charge in [-0.2, -0.15) is 18.2 Å². The van der Waals surface area contributed by atoms with Gasteiger partial charge in [0.05, 0.1) is 5.69 Å². The molecular weight excluding hydrogens is 515 g/mol. The number of carbonyl (C=O) groups excluding carboxylic acids is 1. The number of alkyl halides is 3. The second-order valence-corrected chi connectivity index (χ2v) is 8.56. The van der Waals surface area contributed by atoms with Crippen LogP contribution in [-0.2, 0) is 17.4 Å². The number of aromatic nitrogens is 5. The SMILES string of the molecule is O=C(CCCc1cnccn1)C(O)c1ccc(-c2noc(-c3onc(-c4ccccc4)c3C(F)(F)F)n2)cc1. The van der Waals surface area contributed by atoms with Crippen molar-refractivity contribution in [1.82, 2.24) is 25.3 Å². The highest BCUT2D eigenvalue weighted by Crippen LogP contribution is 2.43. The standard InChI is InChI=1S/C27H20F3N5O4/c28-27(29,30)21-22(16-5-2-1-3-6-16)34-38-24(21)26-33-25(35-39-26)18-11-9-17(10-12-18)23(37)20(36)8-4-7-19-15-31-13-14-32-19/h1-3,5-6,9-15,23,37H,4,7-8H2. The summed E-state index contributed by atoms with van der Waals surface area (Å²) in [5.74, 6) is -1.55. The van der Waals surface area contributed by atoms with Crippen molar-refractivity contribution < 1.29 is 32.1 Å². The fourth-order valence-corrected chi connectivity index (χ4v) is 3.96. The summed E-state index contributed by atoms with van der Waals surface area (Å²) >= 11 is 0. The van der Waals surface area contributed by atoms with Crippen LogP contribution < -0.4 is 0 Å². The molecule has 0 spiro atoms. The van der Waals surface area contributed by atoms with Crippen LogP contribution in [0.5, 0.6) is 0 Å². The van der Waals surface area contributed by atoms with Crippen molar-refractivity contribution in [1.29, 1.82) is 0 Å². The van der Waals surface area contributed by atoms with Gasteiger partial charge in [-0.15, -0.1) is 0 Å². The summed E-state index contributed by atoms with van der Waals surface area (Å²) in [6.07, 6.45) is -0.161. The largest absolute Gasteiger partial charge is 0.422 e. The minimum absolute atomic E-state index is 0.00729. The molecule has 0 amide bonds. The molecule has 1 atom stereocenters. The number of ketones is 1. The molecule has 0 radical (unpaired) electrons. The van der Waals surface area contributed by atoms with Crippen LogP contribution in [0.3, 0.4) is 0 Å². The first kappa shape index (κ1) is 25.9. The third-order valence-corrected chi connectivity index (χ3v) is 5.91. The van der Waals surface area contributed by atoms with E-state index in [-0.39, 0.29) is 23.6 Å². The van der Waals surface area contributed by atoms with Gasteiger partial charge in [0.2, 0.25) is 11.6 Å². The Balaban J connectivity index is 1.30. The predicted octanol–water partition coefficient (Wildman–Crippen LogP) is 5.49. The molecule has 0 bridgehead atoms. The first-order chi connectivity index (χ1) is 18.8. The Morgan fingerprint density at radius 3 is 2.41 bits per heavy atom. The van der Waals surface area contributed by atoms with Crippen LogP contribution >= 0.6 is 0 Å². The van der Waals surface area contributed by atoms with Crippen molar-refractivity contribution in [2.24, 2.45) is 0 Å². The van der Waals surface area contributed by atoms with Gasteiger partial charge in [0.15, 0.2) is 5.78 Å². The number of aliphatic hydroxyl groups is 1. The van der Waals surface area contributed by atoms with Crippen molar-refractivity contribution in [2.75, 3.05) is 0 Å². The zero-order valence-electron chi connectivity index (χ0n) is 20.2. The van der Waals surface area contributed by atoms with Gasteiger partial charge >= 0.3 is 6.18 Å². The van der Waals surface area contributed by atoms with E-state index in [2.05, 4.69) is 25.3 Å². The maximum atomic E-state index is 13.9. The fraction of sp³-hybridized carbons (Fsp3) is 0.185. The highest BCUT2D eigenvalue weighted by molar-refractivity contribution is 5.84. The van der Waals surface area contributed by atoms with E-state index in [0.29, 0.717) is 24.0 Å². The molecule has 3 heterocycles. The normalized spacial score (nSPS) is 12.4. The molecule has 12 heteroatoms. The van der Waals surface area contributed by atoms with Crippen molar-refractivity contribution in [3.63, 3.8) is 0 Å². The Bertz CT molecular complexity index is 1550. The second kappa shape index (κ2) is 11.0. The Morgan fingerprint density at radius 2 is 1.72 bits per heavy atom. The molecule has 5 aromatic rings. The summed E-state index contributed by atoms with van der Waals surface area (Å²) in [5, 5.41) is 17.8. The molecule has 0 aliphatic rings. The number of hydrogen-bond acceptors (Lipinski definition) is 9. The number of Topliss-reactive ketones (excluding diaryl/α,β-unsaturated/α-hetero) is 1. The van der Waals surface area contributed by atoms with E-state index in [0.717, 1.165) is 5.69 Å². The van der Waals surface area contributed by atoms with Crippen molar-refractivity contribution in [2.45, 2.75) is 31.5 Å². The number of aryl methyl sites for hydroxylation is 1. The third-order valence-electron chi connectivity index (χ3n) is 5.91. The lowest BCUT2D eigenvalue weighted by Gasteiger charge is -2.10. The Kier molecular flexibility index (Phi) is 7.28. The van der Waals surface area contributed by atoms with Gasteiger partial charge in [-0.25, -0.2) is 0 Å². The maximum absolute atomic E-state index is 13.9. The number of carbonyl (C=O) groups is 1. The summed E-state index contributed by atoms with van der Waals surface area (Å²) < 4.78 is 51.9. The molecular formula is C27H20F3N5O4. The quantitative estimate of drug-likeness (QED) is 0.260. The minimum Gasteiger partial charge on any atom is -0.381 e. The molecule has 0 saturated heterocycles. The highest BCUT2D eigenvalue weighted by Gasteiger charge is 2.43. The van der Waals surface area contributed by atoms with Crippen molar-refractivity contribution in [3.8, 4) is 34.3 Å². The molecule has 5 rings (SSSR count). The van der Waals surface area contributed by atoms with Crippen LogP contribution in [0, 0.1) is 0 Å². The lowest BCUT2D eigenvalue weighted by molar-refractivity contribution is -0.137. The van der Waals surface area contributed by atoms with Crippen LogP contribution in [0.2, 0.25) is 0 Å². The first-order valence-corrected chi connectivity index (χ1v) is 11.8. The number of aliphatic hydroxyl groups excluding tert-OH is 1. The van der Waals surface area contributed by atoms with Gasteiger partial charge in [-0.1, -0.05) is 64.9 Å². The molecule has 198 valence electrons. The topological polar surface area (TPSA) is 128 Å². The van der Waals surface area contributed by atoms with Crippen LogP contribution in [0.4, 0.5) is 13.2 Å². The van der Waals surface area contributed by atoms with Crippen LogP contribution in [0.1, 0.15) is 35.8 Å². The lowest BCUT2D eigenvalue weighted by Crippen LogP contribution is -2.12. The molecule has 2 aromatic carbocycles. The Labute approximate surface area is 219 Å². The zero-order valence-corrected chi connectivity index (χ0v) is 20.2. The third kappa shape index (κ3) is 5.75. The number of hydrogen-bond donors (Lipinski definition) is 1. The average Bonchev–Trinajstić information content (AvgIpc) is 3.62. The Morgan fingerprint density at radius 1 is 0.949 bits per heavy atom. The fourth-order valence-electron chi connectivity index (χ4n) is 3.96. The molecule has 1 N–H and O–H groups in total. The molecule has 39 heavy (non-hydrogen) atoms. The molecule has 3 aromatic heterocycles. The summed E-state index contributed by atoms with van der Waals surface area (Å²) in [6, 6.07) is 13.9. The highest BCUT2D eigenvalue weighted by atomic mass is 19.4. The van der Waals surface area contributed by atoms with Crippen LogP contribution in [-0.4, -0.2) is 36.2 Å². The molecule has 0 saturated carbocycles. The van der Waals surface area contributed by atoms with E-state index in [1.165, 1.54) is 36.4 Å². The molecule has 0 aliphatic heterocycles. The van der Waals surface area contributed by atoms with E-state index < -0.39 is 35.2 Å². The van der Waals surface area contributed by atoms with E-state index in [9.17, 15) is 23.1 Å². The van der Waals surface area contributed by atoms with E-state index in [1.807, 2.05) is 0 Å². The summed E-state index contributed by atoms with van der Waals surface area (Å²) in [6.45, 7) is 0. The van der Waals surface area contributed by atoms with Gasteiger partial charge in [0, 0.05) is 36.1 Å². The van der Waals surface area contributed by atoms with E-state index >= 15 is 0 Å². The van der Waals surface area contributed by atoms with Gasteiger partial charge < -0.3 is 14.2 Å². The van der Waals surface area contributed by atoms with Gasteiger partial charge in [0.1, 0.15) is 17.4 Å². The second-order valence-electron chi connectivity index (χ2n) is 8.56. The van der Waals surface area contributed by atoms with E-state index in [1.54, 1.807) is 36.8 Å². The van der Waals surface area contributed by atoms with Crippen molar-refractivity contribution >= 4 is 5.78 Å². The van der Waals surface area contributed by atoms with Gasteiger partial charge in [-0.3, -0.25) is 14.8 Å². The smallest absolute Gasteiger partial charge is 0.381 e. The maximum Gasteiger partial charge on any atom is 0.422 e. The van der Waals surface area contributed by atoms with Crippen LogP contribution in [0.15, 0.2) is 82.2 Å². The molecule has 0 aliphatic carbocycles. The molecule has 9 nitrogen and oxygen atoms in total. The number of rotatable bonds is 9. The first-order valence-electron chi connectivity index (χ1n) is 11.8. The number of nitrogens with zero attached hydrogens (tertiary/aromatic N) is 5. The summed E-state index contributed by atoms with van der Waals surface area (Å²) in [7, 11) is 0. The van der Waals surface area contributed by atoms with Crippen LogP contribution in [0.25, 0.3) is 34.3 Å². The number of benzene rings is 2. The number of halogens is 3. The van der Waals surface area contributed by atoms with Crippen molar-refractivity contribution in [3.05, 3.63) is 90.0 Å². The summed E-state index contributed by atoms with van der Waals surface area (Å²) in [4.78, 5) is 24.6. The monoisotopic (exact) mass is 535 g/mol. The van der Waals surface area contributed by atoms with Gasteiger partial charge in [-0.05, 0) is 18.4 Å². The molecule has 1 unspecified atom stereocenters.